The van der Waals surface area contributed by atoms with Crippen molar-refractivity contribution in [3.63, 3.8) is 0 Å². The summed E-state index contributed by atoms with van der Waals surface area (Å²) in [5.74, 6) is 0. The van der Waals surface area contributed by atoms with Crippen LogP contribution in [0.25, 0.3) is 55.2 Å². The molecule has 5 nitrogen and oxygen atoms in total. The Hall–Kier alpha value is -8.22. The fraction of sp³-hybridized carbons (Fsp3) is 0.263. The van der Waals surface area contributed by atoms with Gasteiger partial charge in [0.05, 0.1) is 17.0 Å². The second kappa shape index (κ2) is 19.2. The lowest BCUT2D eigenvalue weighted by atomic mass is 9.61. The number of hydrogen-bond acceptors (Lipinski definition) is 5. The molecule has 409 valence electrons. The van der Waals surface area contributed by atoms with Gasteiger partial charge in [0.1, 0.15) is 16.7 Å². The molecule has 0 spiro atoms. The Balaban J connectivity index is 1.13. The van der Waals surface area contributed by atoms with Gasteiger partial charge in [-0.1, -0.05) is 187 Å². The van der Waals surface area contributed by atoms with Gasteiger partial charge in [0.2, 0.25) is 7.28 Å². The summed E-state index contributed by atoms with van der Waals surface area (Å²) >= 11 is 0. The van der Waals surface area contributed by atoms with E-state index in [0.29, 0.717) is 0 Å². The summed E-state index contributed by atoms with van der Waals surface area (Å²) in [6, 6.07) is 69.6. The van der Waals surface area contributed by atoms with Crippen LogP contribution < -0.4 is 26.2 Å². The minimum atomic E-state index is -0.0895. The molecule has 2 aromatic heterocycles. The van der Waals surface area contributed by atoms with E-state index in [0.717, 1.165) is 125 Å². The zero-order chi connectivity index (χ0) is 57.3. The van der Waals surface area contributed by atoms with Gasteiger partial charge in [-0.15, -0.1) is 0 Å². The van der Waals surface area contributed by atoms with Crippen LogP contribution in [-0.4, -0.2) is 7.28 Å². The van der Waals surface area contributed by atoms with E-state index in [1.165, 1.54) is 27.8 Å². The van der Waals surface area contributed by atoms with Gasteiger partial charge in [0.15, 0.2) is 0 Å². The van der Waals surface area contributed by atoms with Gasteiger partial charge < -0.3 is 24.0 Å². The monoisotopic (exact) mass is 1070 g/mol. The van der Waals surface area contributed by atoms with Gasteiger partial charge in [-0.2, -0.15) is 0 Å². The van der Waals surface area contributed by atoms with Gasteiger partial charge in [0, 0.05) is 67.0 Å². The first-order valence-corrected chi connectivity index (χ1v) is 29.4. The topological polar surface area (TPSA) is 44.8 Å². The Kier molecular flexibility index (Phi) is 12.4. The van der Waals surface area contributed by atoms with Crippen LogP contribution in [0.2, 0.25) is 0 Å². The lowest BCUT2D eigenvalue weighted by molar-refractivity contribution is 0.332. The number of hydrogen-bond donors (Lipinski definition) is 1. The smallest absolute Gasteiger partial charge is 0.247 e. The van der Waals surface area contributed by atoms with Crippen molar-refractivity contribution in [2.24, 2.45) is 0 Å². The third kappa shape index (κ3) is 9.19. The quantitative estimate of drug-likeness (QED) is 0.154. The summed E-state index contributed by atoms with van der Waals surface area (Å²) in [4.78, 5) is 4.90. The van der Waals surface area contributed by atoms with E-state index in [2.05, 4.69) is 300 Å². The van der Waals surface area contributed by atoms with Crippen molar-refractivity contribution in [3.05, 3.63) is 216 Å². The van der Waals surface area contributed by atoms with Gasteiger partial charge in [-0.3, -0.25) is 0 Å². The van der Waals surface area contributed by atoms with Crippen molar-refractivity contribution >= 4 is 96.8 Å². The number of furan rings is 2. The molecular formula is C76H75BN3O2. The number of para-hydroxylation sites is 2. The molecule has 0 fully saturated rings. The molecule has 13 rings (SSSR count). The Labute approximate surface area is 486 Å². The summed E-state index contributed by atoms with van der Waals surface area (Å²) in [5.41, 5.74) is 23.5. The number of benzene rings is 9. The van der Waals surface area contributed by atoms with Crippen molar-refractivity contribution < 1.29 is 8.83 Å². The lowest BCUT2D eigenvalue weighted by Crippen LogP contribution is -2.40. The molecule has 1 aliphatic carbocycles. The molecule has 0 saturated heterocycles. The maximum Gasteiger partial charge on any atom is 0.247 e. The molecule has 1 aliphatic heterocycles. The SMILES string of the molecule is CC(C)(C)c1ccc(N(c2ccc(C(C)(C)C)cc2)c2ccc(Nc3ccc4c(c3)C(C)(C)CCC4(C)C)c(-c3c4c(cc5c3oc3ccccc35)N(c3ccc(C(C)(C)C)cc3-c3ccccc3)c3c(oc5ccccc35)[B]4)c2)cc1. The van der Waals surface area contributed by atoms with E-state index in [-0.39, 0.29) is 27.1 Å². The van der Waals surface area contributed by atoms with E-state index in [1.54, 1.807) is 0 Å². The normalized spacial score (nSPS) is 14.8. The van der Waals surface area contributed by atoms with Crippen LogP contribution in [-0.2, 0) is 27.1 Å². The highest BCUT2D eigenvalue weighted by atomic mass is 16.3. The number of fused-ring (bicyclic) bond motifs is 8. The second-order valence-corrected chi connectivity index (χ2v) is 27.6. The molecule has 2 aliphatic rings. The number of nitrogens with one attached hydrogen (secondary N) is 1. The van der Waals surface area contributed by atoms with E-state index >= 15 is 0 Å². The van der Waals surface area contributed by atoms with Gasteiger partial charge in [0.25, 0.3) is 0 Å². The number of anilines is 8. The van der Waals surface area contributed by atoms with Crippen molar-refractivity contribution in [3.8, 4) is 22.3 Å². The molecule has 6 heteroatoms. The zero-order valence-electron chi connectivity index (χ0n) is 50.1. The van der Waals surface area contributed by atoms with Gasteiger partial charge >= 0.3 is 0 Å². The molecule has 0 bridgehead atoms. The number of rotatable bonds is 8. The largest absolute Gasteiger partial charge is 0.469 e. The van der Waals surface area contributed by atoms with Crippen molar-refractivity contribution in [2.75, 3.05) is 15.1 Å². The Morgan fingerprint density at radius 1 is 0.476 bits per heavy atom. The van der Waals surface area contributed by atoms with E-state index in [9.17, 15) is 0 Å². The highest BCUT2D eigenvalue weighted by Gasteiger charge is 2.39. The van der Waals surface area contributed by atoms with Gasteiger partial charge in [-0.05, 0) is 170 Å². The molecule has 0 amide bonds. The fourth-order valence-corrected chi connectivity index (χ4v) is 12.9. The van der Waals surface area contributed by atoms with Crippen molar-refractivity contribution in [1.29, 1.82) is 0 Å². The first-order valence-electron chi connectivity index (χ1n) is 29.4. The third-order valence-electron chi connectivity index (χ3n) is 17.9. The number of nitrogens with zero attached hydrogens (tertiary/aromatic N) is 2. The summed E-state index contributed by atoms with van der Waals surface area (Å²) in [5, 5.41) is 7.25. The first-order chi connectivity index (χ1) is 39.0. The van der Waals surface area contributed by atoms with Crippen LogP contribution >= 0.6 is 0 Å². The van der Waals surface area contributed by atoms with Crippen LogP contribution in [0.5, 0.6) is 0 Å². The highest BCUT2D eigenvalue weighted by Crippen LogP contribution is 2.52. The van der Waals surface area contributed by atoms with E-state index in [4.69, 9.17) is 8.83 Å². The second-order valence-electron chi connectivity index (χ2n) is 27.6. The van der Waals surface area contributed by atoms with Crippen LogP contribution in [0.4, 0.5) is 45.5 Å². The summed E-state index contributed by atoms with van der Waals surface area (Å²) in [6.45, 7) is 30.2. The Bertz CT molecular complexity index is 4210. The minimum Gasteiger partial charge on any atom is -0.469 e. The Morgan fingerprint density at radius 2 is 1.04 bits per heavy atom. The fourth-order valence-electron chi connectivity index (χ4n) is 12.9. The molecule has 11 aromatic rings. The van der Waals surface area contributed by atoms with Crippen LogP contribution in [0.3, 0.4) is 0 Å². The van der Waals surface area contributed by atoms with E-state index in [1.807, 2.05) is 0 Å². The summed E-state index contributed by atoms with van der Waals surface area (Å²) < 4.78 is 14.4. The predicted molar refractivity (Wildman–Crippen MR) is 350 cm³/mol. The Morgan fingerprint density at radius 3 is 1.67 bits per heavy atom. The molecule has 82 heavy (non-hydrogen) atoms. The molecule has 1 radical (unpaired) electrons. The average molecular weight is 1070 g/mol. The standard InChI is InChI=1S/C76H75BN3O2/c1-72(2,3)48-27-33-52(34-28-48)79(53-35-29-49(30-36-53)73(4,5)6)54-37-39-62(78-51-32-38-60-61(44-51)76(12,13)42-41-75(60,10)11)59(45-54)67-68-64(46-58-55-23-17-19-25-65(55)81-70(58)67)80(69-56-24-18-20-26-66(56)82-71(69)77-68)63-40-31-50(74(7,8)9)43-57(63)47-21-15-14-16-22-47/h14-40,43-46,78H,41-42H2,1-13H3. The average Bonchev–Trinajstić information content (AvgIpc) is 1.96. The van der Waals surface area contributed by atoms with Crippen LogP contribution in [0.1, 0.15) is 131 Å². The van der Waals surface area contributed by atoms with Crippen LogP contribution in [0.15, 0.2) is 197 Å². The minimum absolute atomic E-state index is 0.00914. The predicted octanol–water partition coefficient (Wildman–Crippen LogP) is 20.6. The van der Waals surface area contributed by atoms with E-state index < -0.39 is 0 Å². The molecule has 1 N–H and O–H groups in total. The maximum atomic E-state index is 7.32. The molecule has 3 heterocycles. The molecular weight excluding hydrogens is 998 g/mol. The van der Waals surface area contributed by atoms with Crippen molar-refractivity contribution in [2.45, 2.75) is 130 Å². The van der Waals surface area contributed by atoms with Gasteiger partial charge in [-0.25, -0.2) is 0 Å². The molecule has 9 aromatic carbocycles. The summed E-state index contributed by atoms with van der Waals surface area (Å²) in [6.07, 6.45) is 2.28. The summed E-state index contributed by atoms with van der Waals surface area (Å²) in [7, 11) is 2.28. The molecule has 0 saturated carbocycles. The highest BCUT2D eigenvalue weighted by molar-refractivity contribution is 6.73. The van der Waals surface area contributed by atoms with Crippen molar-refractivity contribution in [1.82, 2.24) is 0 Å². The molecule has 0 unspecified atom stereocenters. The maximum absolute atomic E-state index is 7.32. The third-order valence-corrected chi connectivity index (χ3v) is 17.9. The molecule has 0 atom stereocenters. The first kappa shape index (κ1) is 53.1. The van der Waals surface area contributed by atoms with Crippen LogP contribution in [0, 0.1) is 0 Å². The zero-order valence-corrected chi connectivity index (χ0v) is 50.1. The lowest BCUT2D eigenvalue weighted by Gasteiger charge is -2.42.